The lowest BCUT2D eigenvalue weighted by atomic mass is 10.3. The van der Waals surface area contributed by atoms with Crippen molar-refractivity contribution in [2.45, 2.75) is 32.9 Å². The SMILES string of the molecule is CCN(CC)CCCNC(=NC)NCCC(F)(F)F.I. The van der Waals surface area contributed by atoms with Crippen LogP contribution in [0.5, 0.6) is 0 Å². The average molecular weight is 410 g/mol. The fourth-order valence-electron chi connectivity index (χ4n) is 1.59. The maximum absolute atomic E-state index is 12.0. The van der Waals surface area contributed by atoms with E-state index in [1.807, 2.05) is 0 Å². The predicted molar refractivity (Wildman–Crippen MR) is 87.9 cm³/mol. The van der Waals surface area contributed by atoms with Gasteiger partial charge in [-0.1, -0.05) is 13.8 Å². The maximum atomic E-state index is 12.0. The highest BCUT2D eigenvalue weighted by atomic mass is 127. The minimum Gasteiger partial charge on any atom is -0.356 e. The summed E-state index contributed by atoms with van der Waals surface area (Å²) in [6.07, 6.45) is -4.05. The highest BCUT2D eigenvalue weighted by Gasteiger charge is 2.26. The molecule has 8 heteroatoms. The topological polar surface area (TPSA) is 39.7 Å². The van der Waals surface area contributed by atoms with Crippen LogP contribution >= 0.6 is 24.0 Å². The summed E-state index contributed by atoms with van der Waals surface area (Å²) in [5.74, 6) is 0.420. The smallest absolute Gasteiger partial charge is 0.356 e. The van der Waals surface area contributed by atoms with Gasteiger partial charge in [0.1, 0.15) is 0 Å². The molecule has 2 N–H and O–H groups in total. The van der Waals surface area contributed by atoms with Crippen molar-refractivity contribution in [3.05, 3.63) is 0 Å². The summed E-state index contributed by atoms with van der Waals surface area (Å²) in [7, 11) is 1.55. The molecule has 0 rings (SSSR count). The van der Waals surface area contributed by atoms with Crippen LogP contribution in [0.25, 0.3) is 0 Å². The van der Waals surface area contributed by atoms with Gasteiger partial charge < -0.3 is 15.5 Å². The lowest BCUT2D eigenvalue weighted by molar-refractivity contribution is -0.132. The molecule has 0 atom stereocenters. The molecule has 0 amide bonds. The molecule has 0 aliphatic rings. The zero-order chi connectivity index (χ0) is 14.7. The molecule has 0 saturated carbocycles. The van der Waals surface area contributed by atoms with Gasteiger partial charge in [0.05, 0.1) is 6.42 Å². The predicted octanol–water partition coefficient (Wildman–Crippen LogP) is 2.45. The minimum atomic E-state index is -4.13. The molecule has 0 radical (unpaired) electrons. The lowest BCUT2D eigenvalue weighted by Crippen LogP contribution is -2.40. The molecule has 0 spiro atoms. The summed E-state index contributed by atoms with van der Waals surface area (Å²) in [6, 6.07) is 0. The van der Waals surface area contributed by atoms with E-state index in [-0.39, 0.29) is 30.5 Å². The van der Waals surface area contributed by atoms with Gasteiger partial charge in [-0.3, -0.25) is 4.99 Å². The number of guanidine groups is 1. The van der Waals surface area contributed by atoms with E-state index in [0.29, 0.717) is 12.5 Å². The zero-order valence-electron chi connectivity index (χ0n) is 12.4. The van der Waals surface area contributed by atoms with E-state index >= 15 is 0 Å². The van der Waals surface area contributed by atoms with Crippen LogP contribution in [0.2, 0.25) is 0 Å². The Morgan fingerprint density at radius 1 is 1.10 bits per heavy atom. The molecule has 0 bridgehead atoms. The van der Waals surface area contributed by atoms with E-state index in [9.17, 15) is 13.2 Å². The molecule has 0 aliphatic heterocycles. The normalized spacial score (nSPS) is 12.2. The highest BCUT2D eigenvalue weighted by Crippen LogP contribution is 2.17. The number of alkyl halides is 3. The second kappa shape index (κ2) is 12.5. The van der Waals surface area contributed by atoms with Gasteiger partial charge in [0.2, 0.25) is 0 Å². The first kappa shape index (κ1) is 22.0. The number of hydrogen-bond donors (Lipinski definition) is 2. The van der Waals surface area contributed by atoms with E-state index in [1.54, 1.807) is 7.05 Å². The Kier molecular flexibility index (Phi) is 13.8. The average Bonchev–Trinajstić information content (AvgIpc) is 2.35. The number of halogens is 4. The van der Waals surface area contributed by atoms with Crippen molar-refractivity contribution in [2.75, 3.05) is 39.8 Å². The Hall–Kier alpha value is -0.250. The van der Waals surface area contributed by atoms with Gasteiger partial charge in [0.15, 0.2) is 5.96 Å². The third kappa shape index (κ3) is 12.8. The molecule has 122 valence electrons. The van der Waals surface area contributed by atoms with Crippen LogP contribution in [-0.4, -0.2) is 56.8 Å². The minimum absolute atomic E-state index is 0. The molecular weight excluding hydrogens is 384 g/mol. The summed E-state index contributed by atoms with van der Waals surface area (Å²) in [5.41, 5.74) is 0. The van der Waals surface area contributed by atoms with Crippen LogP contribution in [0, 0.1) is 0 Å². The number of hydrogen-bond acceptors (Lipinski definition) is 2. The van der Waals surface area contributed by atoms with E-state index in [0.717, 1.165) is 26.1 Å². The van der Waals surface area contributed by atoms with Crippen molar-refractivity contribution in [3.63, 3.8) is 0 Å². The summed E-state index contributed by atoms with van der Waals surface area (Å²) < 4.78 is 35.9. The van der Waals surface area contributed by atoms with Crippen LogP contribution in [-0.2, 0) is 0 Å². The second-order valence-electron chi connectivity index (χ2n) is 4.17. The van der Waals surface area contributed by atoms with Gasteiger partial charge in [-0.15, -0.1) is 24.0 Å². The standard InChI is InChI=1S/C12H25F3N4.HI/c1-4-19(5-2)10-6-8-17-11(16-3)18-9-7-12(13,14)15;/h4-10H2,1-3H3,(H2,16,17,18);1H. The molecule has 0 saturated heterocycles. The van der Waals surface area contributed by atoms with E-state index in [4.69, 9.17) is 0 Å². The first-order valence-electron chi connectivity index (χ1n) is 6.66. The van der Waals surface area contributed by atoms with Crippen LogP contribution in [0.15, 0.2) is 4.99 Å². The number of nitrogens with one attached hydrogen (secondary N) is 2. The van der Waals surface area contributed by atoms with Crippen LogP contribution in [0.3, 0.4) is 0 Å². The largest absolute Gasteiger partial charge is 0.390 e. The number of nitrogens with zero attached hydrogens (tertiary/aromatic N) is 2. The Morgan fingerprint density at radius 2 is 1.65 bits per heavy atom. The van der Waals surface area contributed by atoms with Crippen molar-refractivity contribution < 1.29 is 13.2 Å². The van der Waals surface area contributed by atoms with E-state index in [1.165, 1.54) is 0 Å². The molecule has 4 nitrogen and oxygen atoms in total. The number of aliphatic imine (C=N–C) groups is 1. The van der Waals surface area contributed by atoms with Crippen molar-refractivity contribution in [1.29, 1.82) is 0 Å². The molecule has 0 aromatic carbocycles. The molecule has 0 aromatic heterocycles. The maximum Gasteiger partial charge on any atom is 0.390 e. The summed E-state index contributed by atoms with van der Waals surface area (Å²) in [5, 5.41) is 5.65. The van der Waals surface area contributed by atoms with Gasteiger partial charge in [-0.25, -0.2) is 0 Å². The monoisotopic (exact) mass is 410 g/mol. The van der Waals surface area contributed by atoms with Crippen LogP contribution in [0.1, 0.15) is 26.7 Å². The quantitative estimate of drug-likeness (QED) is 0.280. The van der Waals surface area contributed by atoms with Gasteiger partial charge in [0.25, 0.3) is 0 Å². The van der Waals surface area contributed by atoms with Gasteiger partial charge in [0, 0.05) is 20.1 Å². The highest BCUT2D eigenvalue weighted by molar-refractivity contribution is 14.0. The van der Waals surface area contributed by atoms with Gasteiger partial charge >= 0.3 is 6.18 Å². The van der Waals surface area contributed by atoms with E-state index in [2.05, 4.69) is 34.4 Å². The Balaban J connectivity index is 0. The summed E-state index contributed by atoms with van der Waals surface area (Å²) in [6.45, 7) is 7.74. The van der Waals surface area contributed by atoms with Gasteiger partial charge in [-0.05, 0) is 26.1 Å². The summed E-state index contributed by atoms with van der Waals surface area (Å²) >= 11 is 0. The van der Waals surface area contributed by atoms with E-state index < -0.39 is 12.6 Å². The molecule has 0 fully saturated rings. The van der Waals surface area contributed by atoms with Crippen molar-refractivity contribution in [2.24, 2.45) is 4.99 Å². The zero-order valence-corrected chi connectivity index (χ0v) is 14.7. The van der Waals surface area contributed by atoms with Crippen LogP contribution < -0.4 is 10.6 Å². The van der Waals surface area contributed by atoms with Crippen molar-refractivity contribution in [3.8, 4) is 0 Å². The first-order valence-corrected chi connectivity index (χ1v) is 6.66. The lowest BCUT2D eigenvalue weighted by Gasteiger charge is -2.18. The Bertz CT molecular complexity index is 256. The van der Waals surface area contributed by atoms with Gasteiger partial charge in [-0.2, -0.15) is 13.2 Å². The molecule has 0 unspecified atom stereocenters. The first-order chi connectivity index (χ1) is 8.92. The second-order valence-corrected chi connectivity index (χ2v) is 4.17. The Morgan fingerprint density at radius 3 is 2.10 bits per heavy atom. The van der Waals surface area contributed by atoms with Crippen LogP contribution in [0.4, 0.5) is 13.2 Å². The third-order valence-electron chi connectivity index (χ3n) is 2.76. The van der Waals surface area contributed by atoms with Crippen molar-refractivity contribution >= 4 is 29.9 Å². The van der Waals surface area contributed by atoms with Crippen molar-refractivity contribution in [1.82, 2.24) is 15.5 Å². The molecule has 0 heterocycles. The fourth-order valence-corrected chi connectivity index (χ4v) is 1.59. The number of rotatable bonds is 8. The fraction of sp³-hybridized carbons (Fsp3) is 0.917. The summed E-state index contributed by atoms with van der Waals surface area (Å²) in [4.78, 5) is 6.17. The molecular formula is C12H26F3IN4. The molecule has 0 aliphatic carbocycles. The Labute approximate surface area is 136 Å². The molecule has 0 aromatic rings. The third-order valence-corrected chi connectivity index (χ3v) is 2.76. The molecule has 20 heavy (non-hydrogen) atoms.